The minimum absolute atomic E-state index is 0.946. The van der Waals surface area contributed by atoms with Gasteiger partial charge in [-0.3, -0.25) is 4.40 Å². The molecule has 0 spiro atoms. The van der Waals surface area contributed by atoms with Crippen LogP contribution in [-0.4, -0.2) is 38.5 Å². The number of benzene rings is 2. The highest BCUT2D eigenvalue weighted by molar-refractivity contribution is 5.82. The molecule has 0 N–H and O–H groups in total. The first-order valence-corrected chi connectivity index (χ1v) is 9.88. The van der Waals surface area contributed by atoms with Crippen LogP contribution in [0.2, 0.25) is 0 Å². The molecule has 140 valence electrons. The smallest absolute Gasteiger partial charge is 0.215 e. The Bertz CT molecular complexity index is 1080. The number of rotatable bonds is 6. The monoisotopic (exact) mass is 360 g/mol. The predicted octanol–water partition coefficient (Wildman–Crippen LogP) is 4.91. The van der Waals surface area contributed by atoms with E-state index in [1.807, 2.05) is 0 Å². The highest BCUT2D eigenvalue weighted by atomic mass is 15.2. The molecule has 0 bridgehead atoms. The minimum Gasteiger partial charge on any atom is -0.308 e. The SMILES string of the molecule is CCN(CC)CCn1c2ccccc2n2cc(-c3cc(C)ccc3C)nc12. The minimum atomic E-state index is 0.946. The number of fused-ring (bicyclic) bond motifs is 3. The summed E-state index contributed by atoms with van der Waals surface area (Å²) in [6.45, 7) is 12.9. The Morgan fingerprint density at radius 3 is 2.44 bits per heavy atom. The molecule has 0 unspecified atom stereocenters. The quantitative estimate of drug-likeness (QED) is 0.488. The first-order chi connectivity index (χ1) is 13.1. The lowest BCUT2D eigenvalue weighted by Gasteiger charge is -2.18. The summed E-state index contributed by atoms with van der Waals surface area (Å²) in [5, 5.41) is 0. The summed E-state index contributed by atoms with van der Waals surface area (Å²) in [5.74, 6) is 1.03. The number of likely N-dealkylation sites (N-methyl/N-ethyl adjacent to an activating group) is 1. The van der Waals surface area contributed by atoms with Gasteiger partial charge in [0.2, 0.25) is 5.78 Å². The molecule has 0 aliphatic carbocycles. The molecule has 2 aromatic carbocycles. The van der Waals surface area contributed by atoms with E-state index in [4.69, 9.17) is 4.98 Å². The molecule has 4 nitrogen and oxygen atoms in total. The van der Waals surface area contributed by atoms with Crippen molar-refractivity contribution in [3.05, 3.63) is 59.8 Å². The first-order valence-electron chi connectivity index (χ1n) is 9.88. The second kappa shape index (κ2) is 7.20. The zero-order chi connectivity index (χ0) is 19.0. The molecule has 0 atom stereocenters. The van der Waals surface area contributed by atoms with Gasteiger partial charge in [-0.05, 0) is 50.7 Å². The van der Waals surface area contributed by atoms with Crippen molar-refractivity contribution in [1.82, 2.24) is 18.9 Å². The van der Waals surface area contributed by atoms with Crippen molar-refractivity contribution in [2.75, 3.05) is 19.6 Å². The van der Waals surface area contributed by atoms with Gasteiger partial charge in [0.05, 0.1) is 16.7 Å². The number of para-hydroxylation sites is 2. The standard InChI is InChI=1S/C23H28N4/c1-5-25(6-2)13-14-26-21-9-7-8-10-22(21)27-16-20(24-23(26)27)19-15-17(3)11-12-18(19)4/h7-12,15-16H,5-6,13-14H2,1-4H3. The summed E-state index contributed by atoms with van der Waals surface area (Å²) < 4.78 is 4.61. The molecule has 0 fully saturated rings. The van der Waals surface area contributed by atoms with E-state index in [9.17, 15) is 0 Å². The van der Waals surface area contributed by atoms with Crippen molar-refractivity contribution in [1.29, 1.82) is 0 Å². The van der Waals surface area contributed by atoms with Crippen LogP contribution in [0.3, 0.4) is 0 Å². The van der Waals surface area contributed by atoms with Crippen molar-refractivity contribution < 1.29 is 0 Å². The summed E-state index contributed by atoms with van der Waals surface area (Å²) >= 11 is 0. The van der Waals surface area contributed by atoms with Gasteiger partial charge in [0, 0.05) is 24.8 Å². The van der Waals surface area contributed by atoms with Gasteiger partial charge in [-0.25, -0.2) is 4.98 Å². The summed E-state index contributed by atoms with van der Waals surface area (Å²) in [5.41, 5.74) is 7.27. The van der Waals surface area contributed by atoms with Gasteiger partial charge in [0.15, 0.2) is 0 Å². The zero-order valence-corrected chi connectivity index (χ0v) is 16.7. The fourth-order valence-corrected chi connectivity index (χ4v) is 3.89. The maximum Gasteiger partial charge on any atom is 0.215 e. The van der Waals surface area contributed by atoms with Crippen molar-refractivity contribution >= 4 is 16.8 Å². The van der Waals surface area contributed by atoms with Gasteiger partial charge in [-0.1, -0.05) is 43.7 Å². The first kappa shape index (κ1) is 17.8. The van der Waals surface area contributed by atoms with E-state index in [2.05, 4.69) is 90.2 Å². The fourth-order valence-electron chi connectivity index (χ4n) is 3.89. The summed E-state index contributed by atoms with van der Waals surface area (Å²) in [7, 11) is 0. The van der Waals surface area contributed by atoms with Crippen LogP contribution in [0, 0.1) is 13.8 Å². The molecule has 0 amide bonds. The lowest BCUT2D eigenvalue weighted by Crippen LogP contribution is -2.27. The maximum atomic E-state index is 5.06. The van der Waals surface area contributed by atoms with Crippen LogP contribution in [0.5, 0.6) is 0 Å². The van der Waals surface area contributed by atoms with Crippen molar-refractivity contribution in [2.24, 2.45) is 0 Å². The summed E-state index contributed by atoms with van der Waals surface area (Å²) in [4.78, 5) is 7.52. The average molecular weight is 361 g/mol. The van der Waals surface area contributed by atoms with E-state index >= 15 is 0 Å². The van der Waals surface area contributed by atoms with Crippen LogP contribution in [-0.2, 0) is 6.54 Å². The molecule has 0 aliphatic heterocycles. The molecule has 4 rings (SSSR count). The van der Waals surface area contributed by atoms with Crippen molar-refractivity contribution in [3.8, 4) is 11.3 Å². The maximum absolute atomic E-state index is 5.06. The third-order valence-corrected chi connectivity index (χ3v) is 5.56. The Labute approximate surface area is 161 Å². The lowest BCUT2D eigenvalue weighted by molar-refractivity contribution is 0.293. The normalized spacial score (nSPS) is 11.9. The molecule has 0 saturated carbocycles. The van der Waals surface area contributed by atoms with E-state index in [-0.39, 0.29) is 0 Å². The topological polar surface area (TPSA) is 25.5 Å². The highest BCUT2D eigenvalue weighted by Crippen LogP contribution is 2.28. The highest BCUT2D eigenvalue weighted by Gasteiger charge is 2.16. The molecule has 27 heavy (non-hydrogen) atoms. The zero-order valence-electron chi connectivity index (χ0n) is 16.7. The van der Waals surface area contributed by atoms with Crippen LogP contribution in [0.1, 0.15) is 25.0 Å². The number of aryl methyl sites for hydroxylation is 2. The molecule has 0 aliphatic rings. The number of hydrogen-bond donors (Lipinski definition) is 0. The predicted molar refractivity (Wildman–Crippen MR) is 113 cm³/mol. The molecule has 0 saturated heterocycles. The van der Waals surface area contributed by atoms with Gasteiger partial charge >= 0.3 is 0 Å². The van der Waals surface area contributed by atoms with Gasteiger partial charge in [0.25, 0.3) is 0 Å². The number of nitrogens with zero attached hydrogens (tertiary/aromatic N) is 4. The molecule has 4 aromatic rings. The Morgan fingerprint density at radius 2 is 1.70 bits per heavy atom. The van der Waals surface area contributed by atoms with Crippen LogP contribution in [0.25, 0.3) is 28.1 Å². The third kappa shape index (κ3) is 3.15. The summed E-state index contributed by atoms with van der Waals surface area (Å²) in [6, 6.07) is 15.2. The lowest BCUT2D eigenvalue weighted by atomic mass is 10.0. The van der Waals surface area contributed by atoms with Crippen LogP contribution >= 0.6 is 0 Å². The molecular weight excluding hydrogens is 332 g/mol. The van der Waals surface area contributed by atoms with E-state index in [0.717, 1.165) is 37.7 Å². The second-order valence-electron chi connectivity index (χ2n) is 7.28. The Kier molecular flexibility index (Phi) is 4.75. The third-order valence-electron chi connectivity index (χ3n) is 5.56. The van der Waals surface area contributed by atoms with Gasteiger partial charge in [0.1, 0.15) is 0 Å². The van der Waals surface area contributed by atoms with Crippen LogP contribution in [0.4, 0.5) is 0 Å². The molecule has 0 radical (unpaired) electrons. The Hall–Kier alpha value is -2.59. The van der Waals surface area contributed by atoms with E-state index in [0.29, 0.717) is 0 Å². The molecular formula is C23H28N4. The van der Waals surface area contributed by atoms with E-state index < -0.39 is 0 Å². The van der Waals surface area contributed by atoms with Crippen molar-refractivity contribution in [3.63, 3.8) is 0 Å². The second-order valence-corrected chi connectivity index (χ2v) is 7.28. The van der Waals surface area contributed by atoms with Crippen molar-refractivity contribution in [2.45, 2.75) is 34.2 Å². The van der Waals surface area contributed by atoms with Crippen LogP contribution in [0.15, 0.2) is 48.7 Å². The Balaban J connectivity index is 1.85. The number of aromatic nitrogens is 3. The number of hydrogen-bond acceptors (Lipinski definition) is 2. The molecule has 2 aromatic heterocycles. The van der Waals surface area contributed by atoms with Gasteiger partial charge in [-0.15, -0.1) is 0 Å². The molecule has 4 heteroatoms. The van der Waals surface area contributed by atoms with E-state index in [1.54, 1.807) is 0 Å². The average Bonchev–Trinajstić information content (AvgIpc) is 3.23. The Morgan fingerprint density at radius 1 is 0.963 bits per heavy atom. The van der Waals surface area contributed by atoms with Gasteiger partial charge < -0.3 is 9.47 Å². The van der Waals surface area contributed by atoms with E-state index in [1.165, 1.54) is 27.7 Å². The number of imidazole rings is 2. The fraction of sp³-hybridized carbons (Fsp3) is 0.348. The van der Waals surface area contributed by atoms with Crippen LogP contribution < -0.4 is 0 Å². The van der Waals surface area contributed by atoms with Gasteiger partial charge in [-0.2, -0.15) is 0 Å². The summed E-state index contributed by atoms with van der Waals surface area (Å²) in [6.07, 6.45) is 2.19. The largest absolute Gasteiger partial charge is 0.308 e. The molecule has 2 heterocycles.